The zero-order valence-corrected chi connectivity index (χ0v) is 19.4. The molecule has 1 aromatic heterocycles. The summed E-state index contributed by atoms with van der Waals surface area (Å²) in [5.41, 5.74) is 1.81. The lowest BCUT2D eigenvalue weighted by molar-refractivity contribution is 0.0962. The Morgan fingerprint density at radius 2 is 1.91 bits per heavy atom. The van der Waals surface area contributed by atoms with E-state index >= 15 is 4.39 Å². The zero-order valence-electron chi connectivity index (χ0n) is 19.4. The van der Waals surface area contributed by atoms with Gasteiger partial charge in [-0.2, -0.15) is 0 Å². The highest BCUT2D eigenvalue weighted by Gasteiger charge is 2.30. The van der Waals surface area contributed by atoms with Crippen molar-refractivity contribution < 1.29 is 18.4 Å². The van der Waals surface area contributed by atoms with Crippen molar-refractivity contribution >= 4 is 40.0 Å². The topological polar surface area (TPSA) is 93.7 Å². The van der Waals surface area contributed by atoms with Gasteiger partial charge in [-0.3, -0.25) is 14.6 Å². The second-order valence-electron chi connectivity index (χ2n) is 8.50. The highest BCUT2D eigenvalue weighted by atomic mass is 19.1. The number of benzene rings is 2. The third-order valence-electron chi connectivity index (χ3n) is 6.51. The Morgan fingerprint density at radius 3 is 2.60 bits per heavy atom. The van der Waals surface area contributed by atoms with Crippen LogP contribution in [0.25, 0.3) is 10.9 Å². The Balaban J connectivity index is 1.34. The smallest absolute Gasteiger partial charge is 0.327 e. The van der Waals surface area contributed by atoms with Crippen LogP contribution in [0, 0.1) is 11.6 Å². The summed E-state index contributed by atoms with van der Waals surface area (Å²) in [6.07, 6.45) is 1.38. The Hall–Kier alpha value is -3.86. The molecule has 35 heavy (non-hydrogen) atoms. The highest BCUT2D eigenvalue weighted by molar-refractivity contribution is 6.17. The maximum atomic E-state index is 15.5. The molecule has 3 amide bonds. The van der Waals surface area contributed by atoms with E-state index in [9.17, 15) is 14.0 Å². The maximum absolute atomic E-state index is 15.5. The molecule has 5 rings (SSSR count). The van der Waals surface area contributed by atoms with E-state index in [1.54, 1.807) is 18.2 Å². The second-order valence-corrected chi connectivity index (χ2v) is 8.50. The molecular formula is C24H25F2N7O2. The second kappa shape index (κ2) is 9.06. The fourth-order valence-corrected chi connectivity index (χ4v) is 4.68. The number of piperazine rings is 1. The molecule has 3 heterocycles. The number of hydrogen-bond acceptors (Lipinski definition) is 6. The van der Waals surface area contributed by atoms with Gasteiger partial charge in [0.25, 0.3) is 5.91 Å². The number of halogens is 2. The molecule has 182 valence electrons. The molecule has 3 aromatic rings. The van der Waals surface area contributed by atoms with Gasteiger partial charge in [0.2, 0.25) is 0 Å². The SMILES string of the molecule is CCN1C(=O)Nc2c(F)c(CN3CCN(c4ccc(C(=O)NC)cc4F)CC3)cc3ncnc1c23. The number of aromatic nitrogens is 2. The van der Waals surface area contributed by atoms with E-state index in [0.717, 1.165) is 0 Å². The number of rotatable bonds is 5. The summed E-state index contributed by atoms with van der Waals surface area (Å²) in [7, 11) is 1.50. The Morgan fingerprint density at radius 1 is 1.14 bits per heavy atom. The molecule has 0 unspecified atom stereocenters. The first-order chi connectivity index (χ1) is 16.9. The number of nitrogens with zero attached hydrogens (tertiary/aromatic N) is 5. The lowest BCUT2D eigenvalue weighted by atomic mass is 10.1. The Kier molecular flexibility index (Phi) is 5.93. The van der Waals surface area contributed by atoms with Gasteiger partial charge in [0.05, 0.1) is 22.3 Å². The van der Waals surface area contributed by atoms with Crippen LogP contribution in [-0.2, 0) is 6.54 Å². The number of hydrogen-bond donors (Lipinski definition) is 2. The molecule has 2 N–H and O–H groups in total. The van der Waals surface area contributed by atoms with Crippen LogP contribution in [-0.4, -0.2) is 66.6 Å². The van der Waals surface area contributed by atoms with Crippen molar-refractivity contribution in [2.75, 3.05) is 54.9 Å². The van der Waals surface area contributed by atoms with Crippen molar-refractivity contribution in [1.29, 1.82) is 0 Å². The first-order valence-electron chi connectivity index (χ1n) is 11.4. The zero-order chi connectivity index (χ0) is 24.7. The monoisotopic (exact) mass is 481 g/mol. The average molecular weight is 482 g/mol. The molecular weight excluding hydrogens is 456 g/mol. The number of anilines is 3. The Labute approximate surface area is 200 Å². The average Bonchev–Trinajstić information content (AvgIpc) is 2.87. The van der Waals surface area contributed by atoms with Crippen molar-refractivity contribution in [1.82, 2.24) is 20.2 Å². The third-order valence-corrected chi connectivity index (χ3v) is 6.51. The molecule has 0 radical (unpaired) electrons. The van der Waals surface area contributed by atoms with E-state index in [2.05, 4.69) is 25.5 Å². The van der Waals surface area contributed by atoms with E-state index in [4.69, 9.17) is 0 Å². The van der Waals surface area contributed by atoms with Gasteiger partial charge in [-0.05, 0) is 31.2 Å². The normalized spacial score (nSPS) is 15.9. The number of amides is 3. The van der Waals surface area contributed by atoms with Gasteiger partial charge in [0.1, 0.15) is 18.0 Å². The summed E-state index contributed by atoms with van der Waals surface area (Å²) in [5.74, 6) is -0.880. The molecule has 1 saturated heterocycles. The summed E-state index contributed by atoms with van der Waals surface area (Å²) in [5, 5.41) is 5.64. The lowest BCUT2D eigenvalue weighted by Crippen LogP contribution is -2.46. The minimum absolute atomic E-state index is 0.111. The molecule has 0 saturated carbocycles. The first-order valence-corrected chi connectivity index (χ1v) is 11.4. The molecule has 0 bridgehead atoms. The number of carbonyl (C=O) groups is 2. The third kappa shape index (κ3) is 4.01. The predicted molar refractivity (Wildman–Crippen MR) is 129 cm³/mol. The summed E-state index contributed by atoms with van der Waals surface area (Å²) < 4.78 is 30.1. The fourth-order valence-electron chi connectivity index (χ4n) is 4.68. The van der Waals surface area contributed by atoms with Crippen molar-refractivity contribution in [3.8, 4) is 0 Å². The van der Waals surface area contributed by atoms with Crippen molar-refractivity contribution in [2.45, 2.75) is 13.5 Å². The van der Waals surface area contributed by atoms with Crippen LogP contribution in [0.4, 0.5) is 30.8 Å². The fraction of sp³-hybridized carbons (Fsp3) is 0.333. The number of carbonyl (C=O) groups excluding carboxylic acids is 2. The molecule has 9 nitrogen and oxygen atoms in total. The number of nitrogens with one attached hydrogen (secondary N) is 2. The molecule has 2 aromatic carbocycles. The van der Waals surface area contributed by atoms with Crippen LogP contribution in [0.1, 0.15) is 22.8 Å². The van der Waals surface area contributed by atoms with Crippen molar-refractivity contribution in [2.24, 2.45) is 0 Å². The molecule has 11 heteroatoms. The molecule has 0 atom stereocenters. The molecule has 0 aliphatic carbocycles. The van der Waals surface area contributed by atoms with E-state index in [0.29, 0.717) is 67.2 Å². The van der Waals surface area contributed by atoms with E-state index in [1.165, 1.54) is 24.3 Å². The quantitative estimate of drug-likeness (QED) is 0.582. The van der Waals surface area contributed by atoms with Crippen LogP contribution in [0.15, 0.2) is 30.6 Å². The van der Waals surface area contributed by atoms with Crippen molar-refractivity contribution in [3.63, 3.8) is 0 Å². The minimum atomic E-state index is -0.490. The van der Waals surface area contributed by atoms with Gasteiger partial charge in [0, 0.05) is 57.4 Å². The van der Waals surface area contributed by atoms with Gasteiger partial charge in [-0.25, -0.2) is 23.5 Å². The van der Waals surface area contributed by atoms with Crippen LogP contribution >= 0.6 is 0 Å². The van der Waals surface area contributed by atoms with Crippen LogP contribution in [0.5, 0.6) is 0 Å². The van der Waals surface area contributed by atoms with Gasteiger partial charge >= 0.3 is 6.03 Å². The van der Waals surface area contributed by atoms with E-state index < -0.39 is 17.7 Å². The summed E-state index contributed by atoms with van der Waals surface area (Å²) >= 11 is 0. The van der Waals surface area contributed by atoms with Gasteiger partial charge in [0.15, 0.2) is 5.82 Å². The van der Waals surface area contributed by atoms with Crippen molar-refractivity contribution in [3.05, 3.63) is 53.4 Å². The minimum Gasteiger partial charge on any atom is -0.367 e. The van der Waals surface area contributed by atoms with E-state index in [-0.39, 0.29) is 17.2 Å². The maximum Gasteiger partial charge on any atom is 0.327 e. The summed E-state index contributed by atoms with van der Waals surface area (Å²) in [6, 6.07) is 5.73. The molecule has 0 spiro atoms. The van der Waals surface area contributed by atoms with Crippen LogP contribution < -0.4 is 20.4 Å². The highest BCUT2D eigenvalue weighted by Crippen LogP contribution is 2.38. The molecule has 2 aliphatic heterocycles. The number of urea groups is 1. The predicted octanol–water partition coefficient (Wildman–Crippen LogP) is 2.96. The molecule has 2 aliphatic rings. The lowest BCUT2D eigenvalue weighted by Gasteiger charge is -2.36. The Bertz CT molecular complexity index is 1320. The van der Waals surface area contributed by atoms with Gasteiger partial charge < -0.3 is 15.5 Å². The van der Waals surface area contributed by atoms with Gasteiger partial charge in [-0.1, -0.05) is 0 Å². The van der Waals surface area contributed by atoms with Gasteiger partial charge in [-0.15, -0.1) is 0 Å². The van der Waals surface area contributed by atoms with Crippen LogP contribution in [0.3, 0.4) is 0 Å². The molecule has 1 fully saturated rings. The summed E-state index contributed by atoms with van der Waals surface area (Å²) in [4.78, 5) is 38.2. The summed E-state index contributed by atoms with van der Waals surface area (Å²) in [6.45, 7) is 4.83. The van der Waals surface area contributed by atoms with E-state index in [1.807, 2.05) is 11.8 Å². The standard InChI is InChI=1S/C24H25F2N7O2/c1-3-33-22-19-17(28-13-29-22)11-15(20(26)21(19)30-24(33)35)12-31-6-8-32(9-7-31)18-5-4-14(10-16(18)25)23(34)27-2/h4-5,10-11,13H,3,6-9,12H2,1-2H3,(H,27,34)(H,30,35). The first kappa shape index (κ1) is 22.9. The van der Waals surface area contributed by atoms with Crippen LogP contribution in [0.2, 0.25) is 0 Å². The largest absolute Gasteiger partial charge is 0.367 e.